The van der Waals surface area contributed by atoms with Crippen molar-refractivity contribution in [1.82, 2.24) is 10.1 Å². The number of carbonyl (C=O) groups excluding carboxylic acids is 2. The van der Waals surface area contributed by atoms with E-state index in [-0.39, 0.29) is 29.9 Å². The van der Waals surface area contributed by atoms with Crippen molar-refractivity contribution in [1.29, 1.82) is 0 Å². The first-order chi connectivity index (χ1) is 11.4. The molecule has 1 aromatic carbocycles. The van der Waals surface area contributed by atoms with Gasteiger partial charge >= 0.3 is 0 Å². The van der Waals surface area contributed by atoms with Crippen LogP contribution in [0.5, 0.6) is 0 Å². The zero-order valence-electron chi connectivity index (χ0n) is 13.3. The lowest BCUT2D eigenvalue weighted by Gasteiger charge is -2.33. The highest BCUT2D eigenvalue weighted by atomic mass is 16.5. The lowest BCUT2D eigenvalue weighted by molar-refractivity contribution is -0.128. The Balaban J connectivity index is 1.88. The second-order valence-electron chi connectivity index (χ2n) is 5.79. The number of aromatic nitrogens is 1. The van der Waals surface area contributed by atoms with Gasteiger partial charge in [0.2, 0.25) is 5.91 Å². The van der Waals surface area contributed by atoms with Gasteiger partial charge in [0.25, 0.3) is 5.91 Å². The van der Waals surface area contributed by atoms with Crippen molar-refractivity contribution < 1.29 is 14.1 Å². The zero-order valence-corrected chi connectivity index (χ0v) is 13.3. The fraction of sp³-hybridized carbons (Fsp3) is 0.250. The zero-order chi connectivity index (χ0) is 17.3. The minimum Gasteiger partial charge on any atom is -0.369 e. The van der Waals surface area contributed by atoms with Crippen molar-refractivity contribution in [2.75, 3.05) is 12.4 Å². The maximum absolute atomic E-state index is 12.1. The van der Waals surface area contributed by atoms with Crippen LogP contribution in [0, 0.1) is 0 Å². The van der Waals surface area contributed by atoms with Gasteiger partial charge in [0.05, 0.1) is 12.0 Å². The molecule has 0 saturated heterocycles. The molecule has 0 unspecified atom stereocenters. The van der Waals surface area contributed by atoms with Gasteiger partial charge in [-0.25, -0.2) is 4.99 Å². The number of aliphatic imine (C=N–C) groups is 1. The van der Waals surface area contributed by atoms with E-state index in [2.05, 4.69) is 20.0 Å². The normalized spacial score (nSPS) is 20.7. The number of benzene rings is 1. The first kappa shape index (κ1) is 15.7. The van der Waals surface area contributed by atoms with Crippen LogP contribution < -0.4 is 11.1 Å². The van der Waals surface area contributed by atoms with Crippen LogP contribution in [-0.4, -0.2) is 34.9 Å². The maximum Gasteiger partial charge on any atom is 0.277 e. The molecule has 2 amide bonds. The molecule has 0 spiro atoms. The molecular formula is C16H17N5O3. The van der Waals surface area contributed by atoms with E-state index in [1.165, 1.54) is 17.2 Å². The molecule has 2 heterocycles. The smallest absolute Gasteiger partial charge is 0.277 e. The first-order valence-electron chi connectivity index (χ1n) is 7.33. The second kappa shape index (κ2) is 5.80. The summed E-state index contributed by atoms with van der Waals surface area (Å²) in [5, 5.41) is 6.33. The summed E-state index contributed by atoms with van der Waals surface area (Å²) in [6.45, 7) is 1.84. The Kier molecular flexibility index (Phi) is 3.80. The van der Waals surface area contributed by atoms with Gasteiger partial charge in [0.1, 0.15) is 6.26 Å². The summed E-state index contributed by atoms with van der Waals surface area (Å²) >= 11 is 0. The second-order valence-corrected chi connectivity index (χ2v) is 5.79. The third-order valence-electron chi connectivity index (χ3n) is 3.99. The van der Waals surface area contributed by atoms with Crippen LogP contribution in [0.3, 0.4) is 0 Å². The molecule has 8 nitrogen and oxygen atoms in total. The summed E-state index contributed by atoms with van der Waals surface area (Å²) in [6, 6.07) is 8.62. The van der Waals surface area contributed by atoms with Crippen LogP contribution in [-0.2, 0) is 10.3 Å². The molecule has 3 N–H and O–H groups in total. The molecule has 0 saturated carbocycles. The Bertz CT molecular complexity index is 815. The number of carbonyl (C=O) groups is 2. The van der Waals surface area contributed by atoms with Crippen LogP contribution >= 0.6 is 0 Å². The minimum atomic E-state index is -0.775. The quantitative estimate of drug-likeness (QED) is 0.882. The standard InChI is InChI=1S/C16H17N5O3/c1-16(9-13(22)21(2)15(17)19-16)10-4-3-5-11(8-10)18-14(23)12-6-7-24-20-12/h3-8H,9H2,1-2H3,(H2,17,19)(H,18,23)/t16-/m0/s1. The van der Waals surface area contributed by atoms with Gasteiger partial charge in [-0.3, -0.25) is 14.5 Å². The van der Waals surface area contributed by atoms with Crippen LogP contribution in [0.25, 0.3) is 0 Å². The number of rotatable bonds is 3. The summed E-state index contributed by atoms with van der Waals surface area (Å²) in [7, 11) is 1.59. The van der Waals surface area contributed by atoms with Crippen molar-refractivity contribution in [2.24, 2.45) is 10.7 Å². The third kappa shape index (κ3) is 2.85. The molecule has 1 aliphatic rings. The number of amides is 2. The number of guanidine groups is 1. The highest BCUT2D eigenvalue weighted by Crippen LogP contribution is 2.34. The molecule has 124 valence electrons. The minimum absolute atomic E-state index is 0.109. The molecule has 0 bridgehead atoms. The average molecular weight is 327 g/mol. The van der Waals surface area contributed by atoms with Crippen molar-refractivity contribution in [3.63, 3.8) is 0 Å². The lowest BCUT2D eigenvalue weighted by atomic mass is 9.87. The topological polar surface area (TPSA) is 114 Å². The number of anilines is 1. The van der Waals surface area contributed by atoms with Gasteiger partial charge in [0.15, 0.2) is 11.7 Å². The van der Waals surface area contributed by atoms with E-state index in [1.54, 1.807) is 25.2 Å². The van der Waals surface area contributed by atoms with Gasteiger partial charge < -0.3 is 15.6 Å². The fourth-order valence-electron chi connectivity index (χ4n) is 2.53. The van der Waals surface area contributed by atoms with E-state index in [9.17, 15) is 9.59 Å². The molecular weight excluding hydrogens is 310 g/mol. The molecule has 1 aromatic heterocycles. The molecule has 1 aliphatic heterocycles. The first-order valence-corrected chi connectivity index (χ1v) is 7.33. The van der Waals surface area contributed by atoms with E-state index in [4.69, 9.17) is 5.73 Å². The SMILES string of the molecule is CN1C(=O)C[C@@](C)(c2cccc(NC(=O)c3ccon3)c2)N=C1N. The molecule has 0 radical (unpaired) electrons. The number of nitrogens with zero attached hydrogens (tertiary/aromatic N) is 3. The van der Waals surface area contributed by atoms with Crippen LogP contribution in [0.1, 0.15) is 29.4 Å². The summed E-state index contributed by atoms with van der Waals surface area (Å²) in [5.41, 5.74) is 6.59. The van der Waals surface area contributed by atoms with Crippen molar-refractivity contribution in [3.8, 4) is 0 Å². The van der Waals surface area contributed by atoms with E-state index < -0.39 is 5.54 Å². The summed E-state index contributed by atoms with van der Waals surface area (Å²) in [6.07, 6.45) is 1.53. The Labute approximate surface area is 138 Å². The Morgan fingerprint density at radius 1 is 1.42 bits per heavy atom. The fourth-order valence-corrected chi connectivity index (χ4v) is 2.53. The third-order valence-corrected chi connectivity index (χ3v) is 3.99. The van der Waals surface area contributed by atoms with Gasteiger partial charge in [-0.15, -0.1) is 0 Å². The highest BCUT2D eigenvalue weighted by Gasteiger charge is 2.36. The van der Waals surface area contributed by atoms with Crippen molar-refractivity contribution >= 4 is 23.5 Å². The van der Waals surface area contributed by atoms with Gasteiger partial charge in [-0.2, -0.15) is 0 Å². The number of hydrogen-bond acceptors (Lipinski definition) is 6. The van der Waals surface area contributed by atoms with E-state index in [1.807, 2.05) is 13.0 Å². The maximum atomic E-state index is 12.1. The Hall–Kier alpha value is -3.16. The Morgan fingerprint density at radius 2 is 2.21 bits per heavy atom. The highest BCUT2D eigenvalue weighted by molar-refractivity contribution is 6.03. The summed E-state index contributed by atoms with van der Waals surface area (Å²) < 4.78 is 4.66. The molecule has 1 atom stereocenters. The predicted molar refractivity (Wildman–Crippen MR) is 87.3 cm³/mol. The molecule has 24 heavy (non-hydrogen) atoms. The largest absolute Gasteiger partial charge is 0.369 e. The monoisotopic (exact) mass is 327 g/mol. The molecule has 8 heteroatoms. The van der Waals surface area contributed by atoms with E-state index >= 15 is 0 Å². The molecule has 2 aromatic rings. The molecule has 3 rings (SSSR count). The van der Waals surface area contributed by atoms with Crippen LogP contribution in [0.2, 0.25) is 0 Å². The van der Waals surface area contributed by atoms with E-state index in [0.717, 1.165) is 5.56 Å². The van der Waals surface area contributed by atoms with Crippen LogP contribution in [0.4, 0.5) is 5.69 Å². The van der Waals surface area contributed by atoms with Gasteiger partial charge in [0, 0.05) is 18.8 Å². The van der Waals surface area contributed by atoms with E-state index in [0.29, 0.717) is 5.69 Å². The Morgan fingerprint density at radius 3 is 2.88 bits per heavy atom. The number of nitrogens with two attached hydrogens (primary N) is 1. The van der Waals surface area contributed by atoms with Crippen molar-refractivity contribution in [2.45, 2.75) is 18.9 Å². The molecule has 0 fully saturated rings. The lowest BCUT2D eigenvalue weighted by Crippen LogP contribution is -2.47. The van der Waals surface area contributed by atoms with Gasteiger partial charge in [-0.05, 0) is 24.6 Å². The predicted octanol–water partition coefficient (Wildman–Crippen LogP) is 1.32. The van der Waals surface area contributed by atoms with Crippen LogP contribution in [0.15, 0.2) is 46.1 Å². The summed E-state index contributed by atoms with van der Waals surface area (Å²) in [4.78, 5) is 29.9. The number of nitrogens with one attached hydrogen (secondary N) is 1. The van der Waals surface area contributed by atoms with Gasteiger partial charge in [-0.1, -0.05) is 17.3 Å². The van der Waals surface area contributed by atoms with Crippen molar-refractivity contribution in [3.05, 3.63) is 47.9 Å². The average Bonchev–Trinajstić information content (AvgIpc) is 3.07. The summed E-state index contributed by atoms with van der Waals surface area (Å²) in [5.74, 6) is -0.318. The number of hydrogen-bond donors (Lipinski definition) is 2. The molecule has 0 aliphatic carbocycles.